The maximum Gasteiger partial charge on any atom is 0.248 e. The molecule has 1 heterocycles. The SMILES string of the molecule is COc1ccc([C@H](C(=O)NC(C)(C)C)N(C(=O)CCC(=O)Nc2cc(C)on2)c2ccccc2C)cc1. The molecule has 0 unspecified atom stereocenters. The van der Waals surface area contributed by atoms with Gasteiger partial charge in [-0.2, -0.15) is 0 Å². The highest BCUT2D eigenvalue weighted by molar-refractivity contribution is 6.03. The number of aryl methyl sites for hydroxylation is 2. The van der Waals surface area contributed by atoms with E-state index in [9.17, 15) is 14.4 Å². The lowest BCUT2D eigenvalue weighted by Gasteiger charge is -2.34. The van der Waals surface area contributed by atoms with Crippen LogP contribution in [0.3, 0.4) is 0 Å². The molecule has 9 nitrogen and oxygen atoms in total. The Morgan fingerprint density at radius 3 is 2.27 bits per heavy atom. The summed E-state index contributed by atoms with van der Waals surface area (Å²) in [6.45, 7) is 9.24. The van der Waals surface area contributed by atoms with Gasteiger partial charge < -0.3 is 19.9 Å². The van der Waals surface area contributed by atoms with Gasteiger partial charge in [-0.1, -0.05) is 35.5 Å². The van der Waals surface area contributed by atoms with Crippen LogP contribution in [0.5, 0.6) is 5.75 Å². The summed E-state index contributed by atoms with van der Waals surface area (Å²) in [5.74, 6) is 0.386. The summed E-state index contributed by atoms with van der Waals surface area (Å²) in [5.41, 5.74) is 1.49. The minimum atomic E-state index is -0.972. The van der Waals surface area contributed by atoms with Gasteiger partial charge in [0.2, 0.25) is 17.7 Å². The van der Waals surface area contributed by atoms with Gasteiger partial charge in [0.05, 0.1) is 7.11 Å². The Labute approximate surface area is 217 Å². The van der Waals surface area contributed by atoms with E-state index in [1.54, 1.807) is 50.4 Å². The van der Waals surface area contributed by atoms with Gasteiger partial charge in [0, 0.05) is 30.1 Å². The number of benzene rings is 2. The number of rotatable bonds is 9. The fourth-order valence-corrected chi connectivity index (χ4v) is 3.86. The van der Waals surface area contributed by atoms with Crippen molar-refractivity contribution in [2.75, 3.05) is 17.3 Å². The Hall–Kier alpha value is -4.14. The molecule has 1 atom stereocenters. The maximum absolute atomic E-state index is 13.8. The van der Waals surface area contributed by atoms with E-state index in [4.69, 9.17) is 9.26 Å². The molecule has 0 saturated heterocycles. The molecular formula is C28H34N4O5. The largest absolute Gasteiger partial charge is 0.497 e. The molecule has 1 aromatic heterocycles. The number of nitrogens with zero attached hydrogens (tertiary/aromatic N) is 2. The molecule has 0 spiro atoms. The Morgan fingerprint density at radius 1 is 1.03 bits per heavy atom. The quantitative estimate of drug-likeness (QED) is 0.435. The standard InChI is InChI=1S/C28H34N4O5/c1-18-9-7-8-10-22(18)32(25(34)16-15-24(33)29-23-17-19(2)37-31-23)26(27(35)30-28(3,4)5)20-11-13-21(36-6)14-12-20/h7-14,17,26H,15-16H2,1-6H3,(H,30,35)(H,29,31,33)/t26-/m1/s1. The molecule has 0 aliphatic rings. The summed E-state index contributed by atoms with van der Waals surface area (Å²) >= 11 is 0. The minimum Gasteiger partial charge on any atom is -0.497 e. The Morgan fingerprint density at radius 2 is 1.70 bits per heavy atom. The molecule has 0 bridgehead atoms. The van der Waals surface area contributed by atoms with E-state index in [2.05, 4.69) is 15.8 Å². The number of carbonyl (C=O) groups is 3. The van der Waals surface area contributed by atoms with Gasteiger partial charge in [0.25, 0.3) is 0 Å². The number of para-hydroxylation sites is 1. The second-order valence-electron chi connectivity index (χ2n) is 9.84. The lowest BCUT2D eigenvalue weighted by molar-refractivity contribution is -0.128. The third-order valence-electron chi connectivity index (χ3n) is 5.54. The van der Waals surface area contributed by atoms with Crippen molar-refractivity contribution >= 4 is 29.2 Å². The van der Waals surface area contributed by atoms with Crippen molar-refractivity contribution < 1.29 is 23.6 Å². The lowest BCUT2D eigenvalue weighted by Crippen LogP contribution is -2.49. The third-order valence-corrected chi connectivity index (χ3v) is 5.54. The van der Waals surface area contributed by atoms with Crippen LogP contribution in [-0.4, -0.2) is 35.5 Å². The summed E-state index contributed by atoms with van der Waals surface area (Å²) in [7, 11) is 1.56. The van der Waals surface area contributed by atoms with E-state index in [0.717, 1.165) is 5.56 Å². The van der Waals surface area contributed by atoms with Gasteiger partial charge in [-0.15, -0.1) is 0 Å². The highest BCUT2D eigenvalue weighted by Crippen LogP contribution is 2.32. The first-order valence-corrected chi connectivity index (χ1v) is 12.1. The Bertz CT molecular complexity index is 1240. The van der Waals surface area contributed by atoms with Crippen molar-refractivity contribution in [3.05, 3.63) is 71.5 Å². The molecule has 3 aromatic rings. The molecule has 0 aliphatic carbocycles. The van der Waals surface area contributed by atoms with E-state index < -0.39 is 11.6 Å². The number of ether oxygens (including phenoxy) is 1. The van der Waals surface area contributed by atoms with Crippen molar-refractivity contribution in [1.29, 1.82) is 0 Å². The highest BCUT2D eigenvalue weighted by Gasteiger charge is 2.35. The fourth-order valence-electron chi connectivity index (χ4n) is 3.86. The van der Waals surface area contributed by atoms with Crippen LogP contribution in [-0.2, 0) is 14.4 Å². The van der Waals surface area contributed by atoms with Crippen molar-refractivity contribution in [1.82, 2.24) is 10.5 Å². The maximum atomic E-state index is 13.8. The molecule has 196 valence electrons. The van der Waals surface area contributed by atoms with E-state index >= 15 is 0 Å². The molecule has 0 saturated carbocycles. The Balaban J connectivity index is 1.97. The lowest BCUT2D eigenvalue weighted by atomic mass is 9.99. The van der Waals surface area contributed by atoms with Gasteiger partial charge in [0.15, 0.2) is 5.82 Å². The smallest absolute Gasteiger partial charge is 0.248 e. The van der Waals surface area contributed by atoms with Crippen LogP contribution in [0.2, 0.25) is 0 Å². The number of anilines is 2. The van der Waals surface area contributed by atoms with Gasteiger partial charge in [-0.05, 0) is 63.9 Å². The van der Waals surface area contributed by atoms with Crippen molar-refractivity contribution in [2.45, 2.75) is 59.0 Å². The number of carbonyl (C=O) groups excluding carboxylic acids is 3. The molecule has 3 rings (SSSR count). The van der Waals surface area contributed by atoms with Crippen LogP contribution >= 0.6 is 0 Å². The number of nitrogens with one attached hydrogen (secondary N) is 2. The fraction of sp³-hybridized carbons (Fsp3) is 0.357. The highest BCUT2D eigenvalue weighted by atomic mass is 16.5. The first-order valence-electron chi connectivity index (χ1n) is 12.1. The summed E-state index contributed by atoms with van der Waals surface area (Å²) in [4.78, 5) is 41.5. The van der Waals surface area contributed by atoms with E-state index in [-0.39, 0.29) is 36.4 Å². The average molecular weight is 507 g/mol. The first kappa shape index (κ1) is 27.4. The topological polar surface area (TPSA) is 114 Å². The van der Waals surface area contributed by atoms with Crippen molar-refractivity contribution in [2.24, 2.45) is 0 Å². The van der Waals surface area contributed by atoms with Gasteiger partial charge in [0.1, 0.15) is 17.6 Å². The zero-order valence-electron chi connectivity index (χ0n) is 22.1. The molecule has 3 amide bonds. The third kappa shape index (κ3) is 7.42. The van der Waals surface area contributed by atoms with Gasteiger partial charge >= 0.3 is 0 Å². The molecule has 2 N–H and O–H groups in total. The average Bonchev–Trinajstić information content (AvgIpc) is 3.24. The van der Waals surface area contributed by atoms with E-state index in [1.807, 2.05) is 45.9 Å². The van der Waals surface area contributed by atoms with Crippen LogP contribution < -0.4 is 20.3 Å². The zero-order valence-corrected chi connectivity index (χ0v) is 22.1. The molecule has 9 heteroatoms. The number of aromatic nitrogens is 1. The Kier molecular flexibility index (Phi) is 8.70. The van der Waals surface area contributed by atoms with Crippen LogP contribution in [0.25, 0.3) is 0 Å². The molecular weight excluding hydrogens is 472 g/mol. The molecule has 0 fully saturated rings. The van der Waals surface area contributed by atoms with Crippen LogP contribution in [0.1, 0.15) is 56.5 Å². The summed E-state index contributed by atoms with van der Waals surface area (Å²) < 4.78 is 10.2. The second-order valence-corrected chi connectivity index (χ2v) is 9.84. The first-order chi connectivity index (χ1) is 17.5. The normalized spacial score (nSPS) is 11.9. The second kappa shape index (κ2) is 11.7. The van der Waals surface area contributed by atoms with E-state index in [0.29, 0.717) is 22.8 Å². The molecule has 2 aromatic carbocycles. The molecule has 37 heavy (non-hydrogen) atoms. The summed E-state index contributed by atoms with van der Waals surface area (Å²) in [6, 6.07) is 15.0. The molecule has 0 aliphatic heterocycles. The number of hydrogen-bond donors (Lipinski definition) is 2. The monoisotopic (exact) mass is 506 g/mol. The minimum absolute atomic E-state index is 0.0939. The van der Waals surface area contributed by atoms with Crippen LogP contribution in [0.15, 0.2) is 59.1 Å². The van der Waals surface area contributed by atoms with E-state index in [1.165, 1.54) is 4.90 Å². The van der Waals surface area contributed by atoms with Crippen LogP contribution in [0.4, 0.5) is 11.5 Å². The predicted octanol–water partition coefficient (Wildman–Crippen LogP) is 4.71. The van der Waals surface area contributed by atoms with Crippen LogP contribution in [0, 0.1) is 13.8 Å². The van der Waals surface area contributed by atoms with Gasteiger partial charge in [-0.25, -0.2) is 0 Å². The van der Waals surface area contributed by atoms with Crippen molar-refractivity contribution in [3.8, 4) is 5.75 Å². The zero-order chi connectivity index (χ0) is 27.2. The van der Waals surface area contributed by atoms with Gasteiger partial charge in [-0.3, -0.25) is 19.3 Å². The number of amides is 3. The summed E-state index contributed by atoms with van der Waals surface area (Å²) in [5, 5.41) is 9.39. The molecule has 0 radical (unpaired) electrons. The number of methoxy groups -OCH3 is 1. The van der Waals surface area contributed by atoms with Crippen molar-refractivity contribution in [3.63, 3.8) is 0 Å². The number of hydrogen-bond acceptors (Lipinski definition) is 6. The summed E-state index contributed by atoms with van der Waals surface area (Å²) in [6.07, 6.45) is -0.213. The predicted molar refractivity (Wildman–Crippen MR) is 141 cm³/mol.